The van der Waals surface area contributed by atoms with Crippen molar-refractivity contribution in [2.45, 2.75) is 20.0 Å². The van der Waals surface area contributed by atoms with E-state index in [0.29, 0.717) is 18.2 Å². The Morgan fingerprint density at radius 3 is 2.44 bits per heavy atom. The molecule has 3 N–H and O–H groups in total. The third-order valence-corrected chi connectivity index (χ3v) is 2.07. The van der Waals surface area contributed by atoms with Gasteiger partial charge >= 0.3 is 6.18 Å². The topological polar surface area (TPSA) is 38.0 Å². The van der Waals surface area contributed by atoms with E-state index in [1.165, 1.54) is 6.07 Å². The number of nitrogen functional groups attached to an aromatic ring is 1. The first-order valence-electron chi connectivity index (χ1n) is 5.01. The third-order valence-electron chi connectivity index (χ3n) is 2.07. The van der Waals surface area contributed by atoms with E-state index in [1.807, 2.05) is 13.8 Å². The van der Waals surface area contributed by atoms with Crippen LogP contribution in [-0.2, 0) is 6.18 Å². The second kappa shape index (κ2) is 4.63. The molecule has 0 heterocycles. The highest BCUT2D eigenvalue weighted by atomic mass is 19.4. The van der Waals surface area contributed by atoms with Crippen LogP contribution in [0.2, 0.25) is 0 Å². The molecule has 0 aliphatic carbocycles. The average molecular weight is 232 g/mol. The molecule has 0 aromatic heterocycles. The summed E-state index contributed by atoms with van der Waals surface area (Å²) in [5.74, 6) is 0.367. The molecule has 0 aliphatic rings. The van der Waals surface area contributed by atoms with E-state index in [-0.39, 0.29) is 5.69 Å². The Morgan fingerprint density at radius 1 is 1.31 bits per heavy atom. The van der Waals surface area contributed by atoms with Crippen LogP contribution < -0.4 is 11.1 Å². The third kappa shape index (κ3) is 3.32. The molecule has 0 amide bonds. The van der Waals surface area contributed by atoms with Gasteiger partial charge in [-0.1, -0.05) is 13.8 Å². The van der Waals surface area contributed by atoms with Gasteiger partial charge in [0.2, 0.25) is 0 Å². The van der Waals surface area contributed by atoms with Crippen molar-refractivity contribution in [2.24, 2.45) is 5.92 Å². The summed E-state index contributed by atoms with van der Waals surface area (Å²) in [4.78, 5) is 0. The Labute approximate surface area is 92.6 Å². The van der Waals surface area contributed by atoms with Crippen LogP contribution in [0, 0.1) is 5.92 Å². The van der Waals surface area contributed by atoms with Crippen LogP contribution in [0.25, 0.3) is 0 Å². The zero-order valence-electron chi connectivity index (χ0n) is 9.23. The van der Waals surface area contributed by atoms with Crippen LogP contribution in [0.15, 0.2) is 18.2 Å². The minimum atomic E-state index is -4.40. The first kappa shape index (κ1) is 12.7. The maximum atomic E-state index is 12.5. The van der Waals surface area contributed by atoms with E-state index >= 15 is 0 Å². The lowest BCUT2D eigenvalue weighted by Crippen LogP contribution is -2.12. The van der Waals surface area contributed by atoms with Gasteiger partial charge < -0.3 is 11.1 Å². The summed E-state index contributed by atoms with van der Waals surface area (Å²) in [6.45, 7) is 4.59. The Hall–Kier alpha value is -1.39. The van der Waals surface area contributed by atoms with E-state index in [2.05, 4.69) is 5.32 Å². The molecule has 2 nitrogen and oxygen atoms in total. The van der Waals surface area contributed by atoms with Gasteiger partial charge in [0.05, 0.1) is 5.56 Å². The molecule has 0 spiro atoms. The molecule has 16 heavy (non-hydrogen) atoms. The largest absolute Gasteiger partial charge is 0.418 e. The van der Waals surface area contributed by atoms with Gasteiger partial charge in [0.15, 0.2) is 0 Å². The van der Waals surface area contributed by atoms with Crippen molar-refractivity contribution >= 4 is 11.4 Å². The molecule has 5 heteroatoms. The minimum absolute atomic E-state index is 0.248. The molecule has 0 saturated carbocycles. The van der Waals surface area contributed by atoms with Gasteiger partial charge in [0.25, 0.3) is 0 Å². The quantitative estimate of drug-likeness (QED) is 0.784. The van der Waals surface area contributed by atoms with Gasteiger partial charge in [-0.3, -0.25) is 0 Å². The van der Waals surface area contributed by atoms with Crippen molar-refractivity contribution in [3.63, 3.8) is 0 Å². The number of halogens is 3. The molecule has 0 unspecified atom stereocenters. The Morgan fingerprint density at radius 2 is 1.94 bits per heavy atom. The second-order valence-corrected chi connectivity index (χ2v) is 4.07. The molecule has 0 saturated heterocycles. The first-order valence-corrected chi connectivity index (χ1v) is 5.01. The molecule has 0 radical (unpaired) electrons. The number of benzene rings is 1. The predicted molar refractivity (Wildman–Crippen MR) is 59.2 cm³/mol. The molecule has 0 atom stereocenters. The summed E-state index contributed by atoms with van der Waals surface area (Å²) >= 11 is 0. The van der Waals surface area contributed by atoms with Gasteiger partial charge in [0.1, 0.15) is 0 Å². The molecule has 0 fully saturated rings. The van der Waals surface area contributed by atoms with Crippen LogP contribution >= 0.6 is 0 Å². The lowest BCUT2D eigenvalue weighted by molar-refractivity contribution is -0.136. The standard InChI is InChI=1S/C11H15F3N2/c1-7(2)6-16-8-3-4-10(15)9(5-8)11(12,13)14/h3-5,7,16H,6,15H2,1-2H3. The highest BCUT2D eigenvalue weighted by Crippen LogP contribution is 2.35. The predicted octanol–water partition coefficient (Wildman–Crippen LogP) is 3.36. The maximum Gasteiger partial charge on any atom is 0.418 e. The zero-order chi connectivity index (χ0) is 12.3. The number of anilines is 2. The molecular formula is C11H15F3N2. The smallest absolute Gasteiger partial charge is 0.398 e. The van der Waals surface area contributed by atoms with Gasteiger partial charge in [-0.05, 0) is 24.1 Å². The Kier molecular flexibility index (Phi) is 3.67. The molecular weight excluding hydrogens is 217 g/mol. The Balaban J connectivity index is 2.90. The van der Waals surface area contributed by atoms with Crippen molar-refractivity contribution in [3.8, 4) is 0 Å². The number of hydrogen-bond donors (Lipinski definition) is 2. The lowest BCUT2D eigenvalue weighted by atomic mass is 10.1. The first-order chi connectivity index (χ1) is 7.30. The highest BCUT2D eigenvalue weighted by Gasteiger charge is 2.33. The Bertz CT molecular complexity index is 359. The van der Waals surface area contributed by atoms with E-state index in [0.717, 1.165) is 6.07 Å². The van der Waals surface area contributed by atoms with Gasteiger partial charge in [-0.15, -0.1) is 0 Å². The molecule has 0 bridgehead atoms. The maximum absolute atomic E-state index is 12.5. The van der Waals surface area contributed by atoms with Crippen LogP contribution in [0.1, 0.15) is 19.4 Å². The van der Waals surface area contributed by atoms with Gasteiger partial charge in [-0.25, -0.2) is 0 Å². The van der Waals surface area contributed by atoms with E-state index in [1.54, 1.807) is 6.07 Å². The fraction of sp³-hybridized carbons (Fsp3) is 0.455. The minimum Gasteiger partial charge on any atom is -0.398 e. The summed E-state index contributed by atoms with van der Waals surface area (Å²) < 4.78 is 37.6. The van der Waals surface area contributed by atoms with Crippen molar-refractivity contribution in [2.75, 3.05) is 17.6 Å². The monoisotopic (exact) mass is 232 g/mol. The van der Waals surface area contributed by atoms with Gasteiger partial charge in [0, 0.05) is 17.9 Å². The average Bonchev–Trinajstić information content (AvgIpc) is 2.14. The van der Waals surface area contributed by atoms with E-state index in [4.69, 9.17) is 5.73 Å². The summed E-state index contributed by atoms with van der Waals surface area (Å²) in [5.41, 5.74) is 4.69. The summed E-state index contributed by atoms with van der Waals surface area (Å²) in [6, 6.07) is 3.86. The molecule has 1 aromatic rings. The van der Waals surface area contributed by atoms with Crippen molar-refractivity contribution < 1.29 is 13.2 Å². The lowest BCUT2D eigenvalue weighted by Gasteiger charge is -2.14. The normalized spacial score (nSPS) is 11.9. The van der Waals surface area contributed by atoms with E-state index in [9.17, 15) is 13.2 Å². The number of rotatable bonds is 3. The van der Waals surface area contributed by atoms with Crippen molar-refractivity contribution in [1.29, 1.82) is 0 Å². The fourth-order valence-electron chi connectivity index (χ4n) is 1.23. The van der Waals surface area contributed by atoms with Crippen molar-refractivity contribution in [3.05, 3.63) is 23.8 Å². The molecule has 1 aromatic carbocycles. The second-order valence-electron chi connectivity index (χ2n) is 4.07. The summed E-state index contributed by atoms with van der Waals surface area (Å²) in [7, 11) is 0. The zero-order valence-corrected chi connectivity index (χ0v) is 9.23. The van der Waals surface area contributed by atoms with E-state index < -0.39 is 11.7 Å². The summed E-state index contributed by atoms with van der Waals surface area (Å²) in [5, 5.41) is 2.93. The highest BCUT2D eigenvalue weighted by molar-refractivity contribution is 5.58. The summed E-state index contributed by atoms with van der Waals surface area (Å²) in [6.07, 6.45) is -4.40. The number of hydrogen-bond acceptors (Lipinski definition) is 2. The van der Waals surface area contributed by atoms with Crippen LogP contribution in [0.4, 0.5) is 24.5 Å². The SMILES string of the molecule is CC(C)CNc1ccc(N)c(C(F)(F)F)c1. The molecule has 1 rings (SSSR count). The van der Waals surface area contributed by atoms with Crippen LogP contribution in [-0.4, -0.2) is 6.54 Å². The molecule has 0 aliphatic heterocycles. The fourth-order valence-corrected chi connectivity index (χ4v) is 1.23. The number of nitrogens with two attached hydrogens (primary N) is 1. The van der Waals surface area contributed by atoms with Crippen LogP contribution in [0.3, 0.4) is 0 Å². The van der Waals surface area contributed by atoms with Gasteiger partial charge in [-0.2, -0.15) is 13.2 Å². The number of alkyl halides is 3. The van der Waals surface area contributed by atoms with Crippen molar-refractivity contribution in [1.82, 2.24) is 0 Å². The molecule has 90 valence electrons. The van der Waals surface area contributed by atoms with Crippen LogP contribution in [0.5, 0.6) is 0 Å². The number of nitrogens with one attached hydrogen (secondary N) is 1.